The number of nitrogens with one attached hydrogen (secondary N) is 1. The molecule has 0 bridgehead atoms. The first kappa shape index (κ1) is 23.4. The molecule has 0 saturated heterocycles. The number of ether oxygens (including phenoxy) is 3. The van der Waals surface area contributed by atoms with Gasteiger partial charge in [0.05, 0.1) is 33.8 Å². The highest BCUT2D eigenvalue weighted by molar-refractivity contribution is 6.30. The highest BCUT2D eigenvalue weighted by Crippen LogP contribution is 2.43. The third kappa shape index (κ3) is 4.65. The van der Waals surface area contributed by atoms with E-state index < -0.39 is 6.04 Å². The SMILES string of the molecule is COc1cc([C@@H](CC(=O)Nc2ccc(Cl)cc2)N2Cc3ccccc3C2=O)cc(OC)c1OC. The van der Waals surface area contributed by atoms with Crippen molar-refractivity contribution in [1.29, 1.82) is 0 Å². The lowest BCUT2D eigenvalue weighted by atomic mass is 10.00. The third-order valence-electron chi connectivity index (χ3n) is 5.80. The lowest BCUT2D eigenvalue weighted by Gasteiger charge is -2.29. The summed E-state index contributed by atoms with van der Waals surface area (Å²) in [6.45, 7) is 0.393. The van der Waals surface area contributed by atoms with Crippen molar-refractivity contribution < 1.29 is 23.8 Å². The zero-order valence-electron chi connectivity index (χ0n) is 19.1. The fourth-order valence-corrected chi connectivity index (χ4v) is 4.28. The summed E-state index contributed by atoms with van der Waals surface area (Å²) in [5.41, 5.74) is 2.87. The summed E-state index contributed by atoms with van der Waals surface area (Å²) in [5.74, 6) is 0.959. The van der Waals surface area contributed by atoms with Gasteiger partial charge in [0.2, 0.25) is 11.7 Å². The van der Waals surface area contributed by atoms with Gasteiger partial charge in [0.25, 0.3) is 5.91 Å². The molecule has 0 spiro atoms. The summed E-state index contributed by atoms with van der Waals surface area (Å²) in [5, 5.41) is 3.46. The van der Waals surface area contributed by atoms with E-state index in [0.717, 1.165) is 5.56 Å². The molecule has 0 fully saturated rings. The first-order chi connectivity index (χ1) is 16.4. The molecule has 1 aliphatic heterocycles. The maximum absolute atomic E-state index is 13.3. The largest absolute Gasteiger partial charge is 0.493 e. The lowest BCUT2D eigenvalue weighted by molar-refractivity contribution is -0.117. The van der Waals surface area contributed by atoms with Gasteiger partial charge in [-0.05, 0) is 53.6 Å². The molecule has 1 heterocycles. The molecule has 34 heavy (non-hydrogen) atoms. The van der Waals surface area contributed by atoms with Gasteiger partial charge in [-0.1, -0.05) is 29.8 Å². The van der Waals surface area contributed by atoms with Crippen molar-refractivity contribution in [2.24, 2.45) is 0 Å². The molecule has 8 heteroatoms. The van der Waals surface area contributed by atoms with Crippen LogP contribution in [-0.4, -0.2) is 38.0 Å². The minimum atomic E-state index is -0.569. The van der Waals surface area contributed by atoms with Crippen LogP contribution < -0.4 is 19.5 Å². The van der Waals surface area contributed by atoms with Crippen LogP contribution in [0.25, 0.3) is 0 Å². The Morgan fingerprint density at radius 1 is 1.00 bits per heavy atom. The smallest absolute Gasteiger partial charge is 0.255 e. The molecule has 1 N–H and O–H groups in total. The Morgan fingerprint density at radius 3 is 2.24 bits per heavy atom. The Bertz CT molecular complexity index is 1190. The minimum Gasteiger partial charge on any atom is -0.493 e. The molecule has 3 aromatic carbocycles. The van der Waals surface area contributed by atoms with Crippen LogP contribution in [0.2, 0.25) is 5.02 Å². The minimum absolute atomic E-state index is 0.0288. The summed E-state index contributed by atoms with van der Waals surface area (Å²) in [4.78, 5) is 28.1. The van der Waals surface area contributed by atoms with Gasteiger partial charge in [-0.3, -0.25) is 9.59 Å². The summed E-state index contributed by atoms with van der Waals surface area (Å²) < 4.78 is 16.5. The number of amides is 2. The van der Waals surface area contributed by atoms with Crippen LogP contribution in [0.3, 0.4) is 0 Å². The van der Waals surface area contributed by atoms with Gasteiger partial charge in [0.1, 0.15) is 0 Å². The third-order valence-corrected chi connectivity index (χ3v) is 6.06. The van der Waals surface area contributed by atoms with Crippen molar-refractivity contribution in [1.82, 2.24) is 4.90 Å². The Balaban J connectivity index is 1.71. The number of fused-ring (bicyclic) bond motifs is 1. The molecule has 3 aromatic rings. The first-order valence-electron chi connectivity index (χ1n) is 10.7. The van der Waals surface area contributed by atoms with Gasteiger partial charge in [-0.25, -0.2) is 0 Å². The number of halogens is 1. The molecule has 1 atom stereocenters. The average molecular weight is 481 g/mol. The average Bonchev–Trinajstić information content (AvgIpc) is 3.19. The molecular formula is C26H25ClN2O5. The van der Waals surface area contributed by atoms with Crippen LogP contribution in [0.5, 0.6) is 17.2 Å². The number of hydrogen-bond acceptors (Lipinski definition) is 5. The second kappa shape index (κ2) is 10.1. The fraction of sp³-hybridized carbons (Fsp3) is 0.231. The van der Waals surface area contributed by atoms with E-state index in [0.29, 0.717) is 45.6 Å². The van der Waals surface area contributed by atoms with Gasteiger partial charge >= 0.3 is 0 Å². The number of hydrogen-bond donors (Lipinski definition) is 1. The molecule has 2 amide bonds. The quantitative estimate of drug-likeness (QED) is 0.486. The normalized spacial score (nSPS) is 13.3. The Kier molecular flexibility index (Phi) is 6.93. The first-order valence-corrected chi connectivity index (χ1v) is 11.1. The number of anilines is 1. The number of carbonyl (C=O) groups excluding carboxylic acids is 2. The second-order valence-corrected chi connectivity index (χ2v) is 8.26. The maximum Gasteiger partial charge on any atom is 0.255 e. The van der Waals surface area contributed by atoms with E-state index in [1.165, 1.54) is 21.3 Å². The van der Waals surface area contributed by atoms with E-state index >= 15 is 0 Å². The molecule has 0 radical (unpaired) electrons. The molecule has 0 aliphatic carbocycles. The van der Waals surface area contributed by atoms with Crippen LogP contribution in [0.1, 0.15) is 33.9 Å². The van der Waals surface area contributed by atoms with Crippen LogP contribution in [0, 0.1) is 0 Å². The van der Waals surface area contributed by atoms with E-state index in [2.05, 4.69) is 5.32 Å². The van der Waals surface area contributed by atoms with E-state index in [1.807, 2.05) is 18.2 Å². The number of benzene rings is 3. The van der Waals surface area contributed by atoms with Crippen LogP contribution in [-0.2, 0) is 11.3 Å². The van der Waals surface area contributed by atoms with Gasteiger partial charge in [-0.2, -0.15) is 0 Å². The molecule has 0 saturated carbocycles. The Morgan fingerprint density at radius 2 is 1.65 bits per heavy atom. The van der Waals surface area contributed by atoms with E-state index in [9.17, 15) is 9.59 Å². The number of carbonyl (C=O) groups is 2. The molecule has 1 aliphatic rings. The molecule has 4 rings (SSSR count). The predicted octanol–water partition coefficient (Wildman–Crippen LogP) is 5.09. The maximum atomic E-state index is 13.3. The summed E-state index contributed by atoms with van der Waals surface area (Å²) in [7, 11) is 4.58. The second-order valence-electron chi connectivity index (χ2n) is 7.82. The number of methoxy groups -OCH3 is 3. The van der Waals surface area contributed by atoms with Crippen molar-refractivity contribution in [3.8, 4) is 17.2 Å². The van der Waals surface area contributed by atoms with Crippen LogP contribution in [0.15, 0.2) is 60.7 Å². The van der Waals surface area contributed by atoms with E-state index in [-0.39, 0.29) is 18.2 Å². The Hall–Kier alpha value is -3.71. The number of rotatable bonds is 8. The summed E-state index contributed by atoms with van der Waals surface area (Å²) in [6.07, 6.45) is 0.0288. The molecule has 7 nitrogen and oxygen atoms in total. The molecule has 176 valence electrons. The zero-order valence-corrected chi connectivity index (χ0v) is 19.9. The Labute approximate surface area is 203 Å². The van der Waals surface area contributed by atoms with E-state index in [1.54, 1.807) is 47.4 Å². The molecular weight excluding hydrogens is 456 g/mol. The van der Waals surface area contributed by atoms with Crippen LogP contribution >= 0.6 is 11.6 Å². The van der Waals surface area contributed by atoms with Gasteiger partial charge in [0.15, 0.2) is 11.5 Å². The standard InChI is InChI=1S/C26H25ClN2O5/c1-32-22-12-17(13-23(33-2)25(22)34-3)21(14-24(30)28-19-10-8-18(27)9-11-19)29-15-16-6-4-5-7-20(16)26(29)31/h4-13,21H,14-15H2,1-3H3,(H,28,30)/t21-/m1/s1. The van der Waals surface area contributed by atoms with Crippen molar-refractivity contribution in [2.45, 2.75) is 19.0 Å². The highest BCUT2D eigenvalue weighted by atomic mass is 35.5. The fourth-order valence-electron chi connectivity index (χ4n) is 4.15. The predicted molar refractivity (Wildman–Crippen MR) is 130 cm³/mol. The monoisotopic (exact) mass is 480 g/mol. The van der Waals surface area contributed by atoms with Gasteiger partial charge in [0, 0.05) is 22.8 Å². The van der Waals surface area contributed by atoms with E-state index in [4.69, 9.17) is 25.8 Å². The molecule has 0 aromatic heterocycles. The lowest BCUT2D eigenvalue weighted by Crippen LogP contribution is -2.32. The topological polar surface area (TPSA) is 77.1 Å². The van der Waals surface area contributed by atoms with Crippen molar-refractivity contribution in [3.05, 3.63) is 82.4 Å². The van der Waals surface area contributed by atoms with Crippen molar-refractivity contribution >= 4 is 29.1 Å². The van der Waals surface area contributed by atoms with Gasteiger partial charge < -0.3 is 24.4 Å². The van der Waals surface area contributed by atoms with Crippen molar-refractivity contribution in [3.63, 3.8) is 0 Å². The summed E-state index contributed by atoms with van der Waals surface area (Å²) >= 11 is 5.95. The van der Waals surface area contributed by atoms with Gasteiger partial charge in [-0.15, -0.1) is 0 Å². The zero-order chi connectivity index (χ0) is 24.2. The highest BCUT2D eigenvalue weighted by Gasteiger charge is 2.35. The molecule has 0 unspecified atom stereocenters. The van der Waals surface area contributed by atoms with Crippen molar-refractivity contribution in [2.75, 3.05) is 26.6 Å². The summed E-state index contributed by atoms with van der Waals surface area (Å²) in [6, 6.07) is 17.3. The number of nitrogens with zero attached hydrogens (tertiary/aromatic N) is 1. The van der Waals surface area contributed by atoms with Crippen LogP contribution in [0.4, 0.5) is 5.69 Å².